The van der Waals surface area contributed by atoms with Gasteiger partial charge in [0.1, 0.15) is 0 Å². The molecule has 21 heavy (non-hydrogen) atoms. The summed E-state index contributed by atoms with van der Waals surface area (Å²) in [6.07, 6.45) is 0.591. The molecule has 0 saturated heterocycles. The van der Waals surface area contributed by atoms with Crippen molar-refractivity contribution >= 4 is 18.4 Å². The molecular weight excluding hydrogens is 321 g/mol. The smallest absolute Gasteiger partial charge is 0.307 e. The van der Waals surface area contributed by atoms with E-state index in [2.05, 4.69) is 0 Å². The van der Waals surface area contributed by atoms with Crippen molar-refractivity contribution < 1.29 is 25.5 Å². The predicted octanol–water partition coefficient (Wildman–Crippen LogP) is 5.05. The van der Waals surface area contributed by atoms with E-state index in [-0.39, 0.29) is 16.5 Å². The second-order valence-corrected chi connectivity index (χ2v) is 13.6. The van der Waals surface area contributed by atoms with Crippen LogP contribution in [-0.4, -0.2) is 22.2 Å². The minimum absolute atomic E-state index is 0.186. The molecular formula is C13H27F3O3SSi. The van der Waals surface area contributed by atoms with Crippen LogP contribution in [0.4, 0.5) is 13.2 Å². The van der Waals surface area contributed by atoms with E-state index in [1.165, 1.54) is 0 Å². The number of rotatable bonds is 6. The number of hydrogen-bond donors (Lipinski definition) is 0. The zero-order valence-corrected chi connectivity index (χ0v) is 15.7. The molecule has 128 valence electrons. The molecule has 0 bridgehead atoms. The molecule has 2 unspecified atom stereocenters. The molecule has 0 spiro atoms. The zero-order chi connectivity index (χ0) is 17.3. The van der Waals surface area contributed by atoms with Crippen LogP contribution in [0.2, 0.25) is 17.1 Å². The van der Waals surface area contributed by atoms with Crippen molar-refractivity contribution in [3.8, 4) is 0 Å². The minimum atomic E-state index is -5.57. The van der Waals surface area contributed by atoms with Crippen molar-refractivity contribution in [3.63, 3.8) is 0 Å². The van der Waals surface area contributed by atoms with Crippen LogP contribution in [-0.2, 0) is 14.0 Å². The highest BCUT2D eigenvalue weighted by Crippen LogP contribution is 2.46. The predicted molar refractivity (Wildman–Crippen MR) is 80.9 cm³/mol. The van der Waals surface area contributed by atoms with Gasteiger partial charge in [-0.25, -0.2) is 0 Å². The molecule has 0 N–H and O–H groups in total. The van der Waals surface area contributed by atoms with Crippen LogP contribution in [0.25, 0.3) is 0 Å². The lowest BCUT2D eigenvalue weighted by molar-refractivity contribution is -0.0506. The molecule has 0 rings (SSSR count). The Morgan fingerprint density at radius 1 is 1.10 bits per heavy atom. The van der Waals surface area contributed by atoms with E-state index in [1.807, 2.05) is 27.7 Å². The van der Waals surface area contributed by atoms with Crippen LogP contribution in [0.1, 0.15) is 54.9 Å². The lowest BCUT2D eigenvalue weighted by Gasteiger charge is -2.42. The topological polar surface area (TPSA) is 43.4 Å². The summed E-state index contributed by atoms with van der Waals surface area (Å²) in [6, 6.07) is 0.363. The normalized spacial score (nSPS) is 18.6. The maximum Gasteiger partial charge on any atom is 0.522 e. The first-order valence-electron chi connectivity index (χ1n) is 7.11. The summed E-state index contributed by atoms with van der Waals surface area (Å²) in [6.45, 7) is 12.8. The van der Waals surface area contributed by atoms with Crippen molar-refractivity contribution in [1.29, 1.82) is 0 Å². The molecule has 0 aromatic carbocycles. The molecule has 0 fully saturated rings. The summed E-state index contributed by atoms with van der Waals surface area (Å²) in [5.74, 6) is 0. The molecule has 0 heterocycles. The Labute approximate surface area is 127 Å². The SMILES string of the molecule is CCC(C)[Si](CC(C)(C)C)(OS(=O)(=O)C(F)(F)F)C(C)C. The quantitative estimate of drug-likeness (QED) is 0.498. The Morgan fingerprint density at radius 3 is 1.76 bits per heavy atom. The molecule has 3 nitrogen and oxygen atoms in total. The first-order valence-corrected chi connectivity index (χ1v) is 10.8. The molecule has 0 aliphatic carbocycles. The van der Waals surface area contributed by atoms with Crippen molar-refractivity contribution in [2.45, 2.75) is 77.5 Å². The van der Waals surface area contributed by atoms with Gasteiger partial charge in [-0.3, -0.25) is 0 Å². The highest BCUT2D eigenvalue weighted by Gasteiger charge is 2.56. The molecule has 0 amide bonds. The maximum absolute atomic E-state index is 12.7. The number of halogens is 3. The molecule has 2 atom stereocenters. The molecule has 8 heteroatoms. The van der Waals surface area contributed by atoms with Gasteiger partial charge in [-0.1, -0.05) is 54.9 Å². The number of alkyl halides is 3. The van der Waals surface area contributed by atoms with Crippen LogP contribution in [0.5, 0.6) is 0 Å². The van der Waals surface area contributed by atoms with Crippen LogP contribution < -0.4 is 0 Å². The van der Waals surface area contributed by atoms with E-state index in [4.69, 9.17) is 3.87 Å². The van der Waals surface area contributed by atoms with Crippen molar-refractivity contribution in [2.24, 2.45) is 5.41 Å². The van der Waals surface area contributed by atoms with Crippen LogP contribution >= 0.6 is 0 Å². The maximum atomic E-state index is 12.7. The highest BCUT2D eigenvalue weighted by atomic mass is 32.2. The Balaban J connectivity index is 5.92. The summed E-state index contributed by atoms with van der Waals surface area (Å²) >= 11 is 0. The molecule has 0 aliphatic heterocycles. The Kier molecular flexibility index (Phi) is 6.55. The second-order valence-electron chi connectivity index (χ2n) is 7.14. The molecule has 0 aliphatic rings. The van der Waals surface area contributed by atoms with Gasteiger partial charge >= 0.3 is 15.6 Å². The average molecular weight is 349 g/mol. The van der Waals surface area contributed by atoms with Gasteiger partial charge in [-0.15, -0.1) is 0 Å². The largest absolute Gasteiger partial charge is 0.522 e. The Hall–Kier alpha value is -0.0831. The second kappa shape index (κ2) is 6.58. The molecule has 0 aromatic heterocycles. The zero-order valence-electron chi connectivity index (χ0n) is 13.8. The fraction of sp³-hybridized carbons (Fsp3) is 1.00. The van der Waals surface area contributed by atoms with E-state index in [1.54, 1.807) is 20.8 Å². The lowest BCUT2D eigenvalue weighted by atomic mass is 10.0. The summed E-state index contributed by atoms with van der Waals surface area (Å²) in [5, 5.41) is 0. The summed E-state index contributed by atoms with van der Waals surface area (Å²) in [5.41, 5.74) is -6.09. The molecule has 0 aromatic rings. The van der Waals surface area contributed by atoms with Gasteiger partial charge < -0.3 is 3.87 Å². The summed E-state index contributed by atoms with van der Waals surface area (Å²) < 4.78 is 66.3. The third-order valence-corrected chi connectivity index (χ3v) is 12.1. The standard InChI is InChI=1S/C13H27F3O3SSi/c1-8-11(4)21(10(2)3,9-12(5,6)7)19-20(17,18)13(14,15)16/h10-11H,8-9H2,1-7H3. The van der Waals surface area contributed by atoms with E-state index < -0.39 is 23.9 Å². The van der Waals surface area contributed by atoms with Gasteiger partial charge in [0.15, 0.2) is 0 Å². The summed E-state index contributed by atoms with van der Waals surface area (Å²) in [7, 11) is -8.73. The summed E-state index contributed by atoms with van der Waals surface area (Å²) in [4.78, 5) is 0. The monoisotopic (exact) mass is 348 g/mol. The van der Waals surface area contributed by atoms with Crippen LogP contribution in [0.3, 0.4) is 0 Å². The van der Waals surface area contributed by atoms with Gasteiger partial charge in [0.25, 0.3) is 0 Å². The first kappa shape index (κ1) is 20.9. The Bertz CT molecular complexity index is 441. The van der Waals surface area contributed by atoms with Gasteiger partial charge in [-0.05, 0) is 22.5 Å². The number of hydrogen-bond acceptors (Lipinski definition) is 3. The molecule has 0 saturated carbocycles. The van der Waals surface area contributed by atoms with E-state index in [0.29, 0.717) is 12.5 Å². The highest BCUT2D eigenvalue weighted by molar-refractivity contribution is 7.88. The minimum Gasteiger partial charge on any atom is -0.307 e. The Morgan fingerprint density at radius 2 is 1.52 bits per heavy atom. The third-order valence-electron chi connectivity index (χ3n) is 3.78. The van der Waals surface area contributed by atoms with E-state index in [9.17, 15) is 21.6 Å². The van der Waals surface area contributed by atoms with Gasteiger partial charge in [0.05, 0.1) is 0 Å². The fourth-order valence-corrected chi connectivity index (χ4v) is 10.5. The van der Waals surface area contributed by atoms with E-state index >= 15 is 0 Å². The van der Waals surface area contributed by atoms with Gasteiger partial charge in [0.2, 0.25) is 8.32 Å². The fourth-order valence-electron chi connectivity index (χ4n) is 2.58. The first-order chi connectivity index (χ1) is 9.09. The van der Waals surface area contributed by atoms with Gasteiger partial charge in [-0.2, -0.15) is 21.6 Å². The van der Waals surface area contributed by atoms with E-state index in [0.717, 1.165) is 0 Å². The van der Waals surface area contributed by atoms with Crippen LogP contribution in [0.15, 0.2) is 0 Å². The van der Waals surface area contributed by atoms with Gasteiger partial charge in [0, 0.05) is 0 Å². The third kappa shape index (κ3) is 5.24. The van der Waals surface area contributed by atoms with Crippen molar-refractivity contribution in [2.75, 3.05) is 0 Å². The van der Waals surface area contributed by atoms with Crippen LogP contribution in [0, 0.1) is 5.41 Å². The van der Waals surface area contributed by atoms with Crippen molar-refractivity contribution in [1.82, 2.24) is 0 Å². The lowest BCUT2D eigenvalue weighted by Crippen LogP contribution is -2.51. The molecule has 0 radical (unpaired) electrons. The average Bonchev–Trinajstić information content (AvgIpc) is 2.22. The van der Waals surface area contributed by atoms with Crippen molar-refractivity contribution in [3.05, 3.63) is 0 Å².